The number of rotatable bonds is 8. The number of unbranched alkanes of at least 4 members (excludes halogenated alkanes) is 2. The number of fused-ring (bicyclic) bond motifs is 1. The predicted molar refractivity (Wildman–Crippen MR) is 137 cm³/mol. The van der Waals surface area contributed by atoms with Crippen molar-refractivity contribution in [2.24, 2.45) is 0 Å². The van der Waals surface area contributed by atoms with Gasteiger partial charge in [-0.15, -0.1) is 21.5 Å². The summed E-state index contributed by atoms with van der Waals surface area (Å²) in [5.41, 5.74) is 3.15. The number of pyridine rings is 1. The Morgan fingerprint density at radius 2 is 2.03 bits per heavy atom. The Kier molecular flexibility index (Phi) is 6.56. The second-order valence-electron chi connectivity index (χ2n) is 7.63. The molecule has 3 aromatic heterocycles. The van der Waals surface area contributed by atoms with Gasteiger partial charge in [-0.1, -0.05) is 53.8 Å². The van der Waals surface area contributed by atoms with Gasteiger partial charge in [0.25, 0.3) is 5.91 Å². The standard InChI is InChI=1S/C23H20N6OS3/c30-22-20(33-23(31)29(22)9-5-1-2-8-21-25-27-28-26-21)12-18-11-17(14-32-18)16-10-15-6-3-4-7-19(15)24-13-16/h3-4,6-7,10-14H,1-2,5,8-9H2,(H,25,26,27,28). The van der Waals surface area contributed by atoms with E-state index in [-0.39, 0.29) is 5.91 Å². The van der Waals surface area contributed by atoms with E-state index < -0.39 is 0 Å². The molecule has 0 spiro atoms. The number of H-pyrrole nitrogens is 1. The van der Waals surface area contributed by atoms with Crippen LogP contribution in [0.3, 0.4) is 0 Å². The zero-order chi connectivity index (χ0) is 22.6. The van der Waals surface area contributed by atoms with Gasteiger partial charge < -0.3 is 0 Å². The van der Waals surface area contributed by atoms with Crippen LogP contribution in [0.4, 0.5) is 0 Å². The number of para-hydroxylation sites is 1. The van der Waals surface area contributed by atoms with Gasteiger partial charge in [0.1, 0.15) is 4.32 Å². The lowest BCUT2D eigenvalue weighted by molar-refractivity contribution is -0.122. The number of nitrogens with zero attached hydrogens (tertiary/aromatic N) is 5. The molecule has 4 aromatic rings. The highest BCUT2D eigenvalue weighted by Crippen LogP contribution is 2.35. The van der Waals surface area contributed by atoms with Gasteiger partial charge >= 0.3 is 0 Å². The Morgan fingerprint density at radius 3 is 2.91 bits per heavy atom. The number of hydrogen-bond donors (Lipinski definition) is 1. The van der Waals surface area contributed by atoms with E-state index in [0.29, 0.717) is 15.8 Å². The quantitative estimate of drug-likeness (QED) is 0.208. The number of carbonyl (C=O) groups excluding carboxylic acids is 1. The average Bonchev–Trinajstić information content (AvgIpc) is 3.57. The van der Waals surface area contributed by atoms with Crippen molar-refractivity contribution < 1.29 is 4.79 Å². The molecular formula is C23H20N6OS3. The van der Waals surface area contributed by atoms with E-state index in [1.54, 1.807) is 16.2 Å². The number of nitrogens with one attached hydrogen (secondary N) is 1. The van der Waals surface area contributed by atoms with Crippen LogP contribution in [0.2, 0.25) is 0 Å². The molecule has 1 aliphatic heterocycles. The third-order valence-corrected chi connectivity index (χ3v) is 7.62. The Morgan fingerprint density at radius 1 is 1.12 bits per heavy atom. The number of carbonyl (C=O) groups is 1. The number of tetrazole rings is 1. The lowest BCUT2D eigenvalue weighted by Gasteiger charge is -2.13. The third kappa shape index (κ3) is 5.02. The molecule has 1 amide bonds. The molecule has 5 rings (SSSR count). The second-order valence-corrected chi connectivity index (χ2v) is 10.2. The summed E-state index contributed by atoms with van der Waals surface area (Å²) in [6, 6.07) is 12.3. The second kappa shape index (κ2) is 9.90. The maximum Gasteiger partial charge on any atom is 0.266 e. The smallest absolute Gasteiger partial charge is 0.266 e. The maximum absolute atomic E-state index is 12.9. The summed E-state index contributed by atoms with van der Waals surface area (Å²) < 4.78 is 0.625. The minimum Gasteiger partial charge on any atom is -0.293 e. The number of amides is 1. The van der Waals surface area contributed by atoms with Crippen LogP contribution in [0.5, 0.6) is 0 Å². The largest absolute Gasteiger partial charge is 0.293 e. The molecule has 1 aromatic carbocycles. The van der Waals surface area contributed by atoms with Crippen molar-refractivity contribution in [1.29, 1.82) is 0 Å². The van der Waals surface area contributed by atoms with Gasteiger partial charge in [0.2, 0.25) is 0 Å². The fraction of sp³-hybridized carbons (Fsp3) is 0.217. The molecule has 0 aliphatic carbocycles. The van der Waals surface area contributed by atoms with Crippen LogP contribution < -0.4 is 0 Å². The van der Waals surface area contributed by atoms with E-state index in [0.717, 1.165) is 58.4 Å². The summed E-state index contributed by atoms with van der Waals surface area (Å²) >= 11 is 8.46. The fourth-order valence-corrected chi connectivity index (χ4v) is 5.87. The van der Waals surface area contributed by atoms with E-state index in [1.807, 2.05) is 30.5 Å². The lowest BCUT2D eigenvalue weighted by Crippen LogP contribution is -2.29. The molecule has 1 fully saturated rings. The summed E-state index contributed by atoms with van der Waals surface area (Å²) in [5, 5.41) is 17.1. The van der Waals surface area contributed by atoms with Crippen molar-refractivity contribution in [1.82, 2.24) is 30.5 Å². The highest BCUT2D eigenvalue weighted by molar-refractivity contribution is 8.26. The van der Waals surface area contributed by atoms with Crippen LogP contribution in [-0.2, 0) is 11.2 Å². The Labute approximate surface area is 204 Å². The van der Waals surface area contributed by atoms with Gasteiger partial charge in [0, 0.05) is 35.0 Å². The number of hydrogen-bond acceptors (Lipinski definition) is 8. The molecule has 0 bridgehead atoms. The molecule has 1 N–H and O–H groups in total. The molecule has 0 radical (unpaired) electrons. The number of thioether (sulfide) groups is 1. The van der Waals surface area contributed by atoms with Crippen LogP contribution in [0, 0.1) is 0 Å². The van der Waals surface area contributed by atoms with Gasteiger partial charge in [0.05, 0.1) is 10.4 Å². The molecule has 4 heterocycles. The molecule has 10 heteroatoms. The molecule has 0 unspecified atom stereocenters. The van der Waals surface area contributed by atoms with Crippen molar-refractivity contribution in [3.8, 4) is 11.1 Å². The number of thiophene rings is 1. The Hall–Kier alpha value is -2.95. The number of aromatic amines is 1. The van der Waals surface area contributed by atoms with E-state index >= 15 is 0 Å². The highest BCUT2D eigenvalue weighted by Gasteiger charge is 2.31. The van der Waals surface area contributed by atoms with Crippen molar-refractivity contribution in [3.05, 3.63) is 63.6 Å². The van der Waals surface area contributed by atoms with Gasteiger partial charge in [0.15, 0.2) is 5.82 Å². The van der Waals surface area contributed by atoms with Crippen LogP contribution in [-0.4, -0.2) is 47.3 Å². The van der Waals surface area contributed by atoms with Crippen LogP contribution in [0.25, 0.3) is 28.1 Å². The minimum absolute atomic E-state index is 0.00881. The lowest BCUT2D eigenvalue weighted by atomic mass is 10.1. The molecule has 166 valence electrons. The van der Waals surface area contributed by atoms with Crippen LogP contribution in [0.15, 0.2) is 52.9 Å². The van der Waals surface area contributed by atoms with E-state index in [1.165, 1.54) is 11.8 Å². The van der Waals surface area contributed by atoms with Gasteiger partial charge in [-0.25, -0.2) is 0 Å². The zero-order valence-corrected chi connectivity index (χ0v) is 20.1. The molecule has 33 heavy (non-hydrogen) atoms. The number of benzene rings is 1. The molecule has 1 saturated heterocycles. The van der Waals surface area contributed by atoms with Crippen molar-refractivity contribution >= 4 is 62.5 Å². The minimum atomic E-state index is -0.00881. The monoisotopic (exact) mass is 492 g/mol. The molecule has 1 aliphatic rings. The summed E-state index contributed by atoms with van der Waals surface area (Å²) in [6.45, 7) is 0.632. The normalized spacial score (nSPS) is 15.3. The first-order valence-electron chi connectivity index (χ1n) is 10.6. The fourth-order valence-electron chi connectivity index (χ4n) is 3.65. The SMILES string of the molecule is O=C1C(=Cc2cc(-c3cnc4ccccc4c3)cs2)SC(=S)N1CCCCCc1nn[nH]n1. The van der Waals surface area contributed by atoms with Crippen LogP contribution >= 0.6 is 35.3 Å². The topological polar surface area (TPSA) is 87.7 Å². The van der Waals surface area contributed by atoms with Gasteiger partial charge in [-0.3, -0.25) is 14.7 Å². The molecule has 7 nitrogen and oxygen atoms in total. The number of aryl methyl sites for hydroxylation is 1. The number of thiocarbonyl (C=S) groups is 1. The van der Waals surface area contributed by atoms with E-state index in [2.05, 4.69) is 49.2 Å². The van der Waals surface area contributed by atoms with Crippen LogP contribution in [0.1, 0.15) is 30.0 Å². The van der Waals surface area contributed by atoms with Crippen molar-refractivity contribution in [3.63, 3.8) is 0 Å². The van der Waals surface area contributed by atoms with Crippen molar-refractivity contribution in [2.45, 2.75) is 25.7 Å². The van der Waals surface area contributed by atoms with Crippen molar-refractivity contribution in [2.75, 3.05) is 6.54 Å². The average molecular weight is 493 g/mol. The first-order chi connectivity index (χ1) is 16.2. The first-order valence-corrected chi connectivity index (χ1v) is 12.7. The predicted octanol–water partition coefficient (Wildman–Crippen LogP) is 5.09. The molecule has 0 saturated carbocycles. The Bertz CT molecular complexity index is 1330. The van der Waals surface area contributed by atoms with Gasteiger partial charge in [-0.2, -0.15) is 5.21 Å². The third-order valence-electron chi connectivity index (χ3n) is 5.36. The number of aromatic nitrogens is 5. The Balaban J connectivity index is 1.21. The highest BCUT2D eigenvalue weighted by atomic mass is 32.2. The summed E-state index contributed by atoms with van der Waals surface area (Å²) in [5.74, 6) is 0.712. The summed E-state index contributed by atoms with van der Waals surface area (Å²) in [4.78, 5) is 20.9. The van der Waals surface area contributed by atoms with E-state index in [4.69, 9.17) is 12.2 Å². The maximum atomic E-state index is 12.9. The summed E-state index contributed by atoms with van der Waals surface area (Å²) in [6.07, 6.45) is 7.42. The first kappa shape index (κ1) is 21.9. The van der Waals surface area contributed by atoms with Gasteiger partial charge in [-0.05, 0) is 48.1 Å². The zero-order valence-electron chi connectivity index (χ0n) is 17.6. The summed E-state index contributed by atoms with van der Waals surface area (Å²) in [7, 11) is 0. The molecular weight excluding hydrogens is 472 g/mol. The van der Waals surface area contributed by atoms with E-state index in [9.17, 15) is 4.79 Å². The molecule has 0 atom stereocenters.